The molecule has 0 spiro atoms. The van der Waals surface area contributed by atoms with E-state index in [-0.39, 0.29) is 17.6 Å². The Kier molecular flexibility index (Phi) is 6.32. The van der Waals surface area contributed by atoms with Crippen LogP contribution in [0.2, 0.25) is 0 Å². The fraction of sp³-hybridized carbons (Fsp3) is 0.429. The third-order valence-corrected chi connectivity index (χ3v) is 7.19. The summed E-state index contributed by atoms with van der Waals surface area (Å²) in [6.07, 6.45) is 7.80. The number of carbonyl (C=O) groups is 1. The third kappa shape index (κ3) is 4.34. The first-order chi connectivity index (χ1) is 16.1. The smallest absolute Gasteiger partial charge is 0.342 e. The van der Waals surface area contributed by atoms with Crippen molar-refractivity contribution in [2.75, 3.05) is 13.1 Å². The van der Waals surface area contributed by atoms with Crippen LogP contribution in [0.5, 0.6) is 0 Å². The first kappa shape index (κ1) is 21.9. The topological polar surface area (TPSA) is 59.8 Å². The number of fused-ring (bicyclic) bond motifs is 1. The number of carbonyl (C=O) groups excluding carboxylic acids is 1. The first-order valence-electron chi connectivity index (χ1n) is 12.2. The number of piperidine rings is 1. The van der Waals surface area contributed by atoms with E-state index in [1.165, 1.54) is 25.7 Å². The second kappa shape index (κ2) is 9.52. The molecule has 0 bridgehead atoms. The zero-order chi connectivity index (χ0) is 22.8. The molecule has 1 saturated carbocycles. The van der Waals surface area contributed by atoms with Gasteiger partial charge in [-0.05, 0) is 64.3 Å². The predicted octanol–water partition coefficient (Wildman–Crippen LogP) is 5.72. The number of rotatable bonds is 4. The molecule has 172 valence electrons. The molecular weight excluding hydrogens is 414 g/mol. The molecule has 2 aromatic carbocycles. The monoisotopic (exact) mass is 445 g/mol. The van der Waals surface area contributed by atoms with Crippen molar-refractivity contribution in [2.45, 2.75) is 64.0 Å². The number of ether oxygens (including phenoxy) is 1. The van der Waals surface area contributed by atoms with Crippen LogP contribution in [0.3, 0.4) is 0 Å². The van der Waals surface area contributed by atoms with Gasteiger partial charge in [0.1, 0.15) is 17.4 Å². The number of para-hydroxylation sites is 1. The van der Waals surface area contributed by atoms with Crippen LogP contribution in [-0.2, 0) is 4.74 Å². The maximum atomic E-state index is 13.4. The highest BCUT2D eigenvalue weighted by Crippen LogP contribution is 2.31. The number of benzene rings is 2. The van der Waals surface area contributed by atoms with E-state index in [0.29, 0.717) is 27.9 Å². The van der Waals surface area contributed by atoms with Crippen LogP contribution in [0.4, 0.5) is 0 Å². The lowest BCUT2D eigenvalue weighted by atomic mass is 9.90. The largest absolute Gasteiger partial charge is 0.457 e. The maximum Gasteiger partial charge on any atom is 0.342 e. The summed E-state index contributed by atoms with van der Waals surface area (Å²) in [5, 5.41) is 0.415. The normalized spacial score (nSPS) is 21.7. The van der Waals surface area contributed by atoms with Crippen molar-refractivity contribution in [3.63, 3.8) is 0 Å². The number of hydrogen-bond donors (Lipinski definition) is 0. The molecule has 0 radical (unpaired) electrons. The minimum atomic E-state index is -0.402. The minimum absolute atomic E-state index is 0.117. The van der Waals surface area contributed by atoms with Gasteiger partial charge in [0, 0.05) is 17.2 Å². The molecule has 2 fully saturated rings. The molecule has 33 heavy (non-hydrogen) atoms. The fourth-order valence-corrected chi connectivity index (χ4v) is 5.42. The van der Waals surface area contributed by atoms with Crippen molar-refractivity contribution >= 4 is 16.9 Å². The van der Waals surface area contributed by atoms with Gasteiger partial charge in [-0.2, -0.15) is 0 Å². The van der Waals surface area contributed by atoms with E-state index < -0.39 is 5.97 Å². The van der Waals surface area contributed by atoms with Crippen LogP contribution < -0.4 is 5.43 Å². The summed E-state index contributed by atoms with van der Waals surface area (Å²) in [5.41, 5.74) is 1.87. The van der Waals surface area contributed by atoms with Gasteiger partial charge in [-0.15, -0.1) is 0 Å². The van der Waals surface area contributed by atoms with Crippen LogP contribution in [-0.4, -0.2) is 36.1 Å². The van der Waals surface area contributed by atoms with Crippen LogP contribution in [0.1, 0.15) is 60.9 Å². The van der Waals surface area contributed by atoms with E-state index in [1.54, 1.807) is 25.1 Å². The first-order valence-corrected chi connectivity index (χ1v) is 12.2. The molecule has 0 amide bonds. The summed E-state index contributed by atoms with van der Waals surface area (Å²) in [6.45, 7) is 3.94. The zero-order valence-corrected chi connectivity index (χ0v) is 19.2. The van der Waals surface area contributed by atoms with Crippen molar-refractivity contribution in [3.8, 4) is 11.3 Å². The maximum absolute atomic E-state index is 13.4. The van der Waals surface area contributed by atoms with Gasteiger partial charge in [-0.25, -0.2) is 4.79 Å². The van der Waals surface area contributed by atoms with E-state index in [1.807, 2.05) is 30.3 Å². The Morgan fingerprint density at radius 3 is 2.48 bits per heavy atom. The van der Waals surface area contributed by atoms with E-state index in [9.17, 15) is 9.59 Å². The lowest BCUT2D eigenvalue weighted by molar-refractivity contribution is -0.0217. The van der Waals surface area contributed by atoms with Crippen LogP contribution >= 0.6 is 0 Å². The summed E-state index contributed by atoms with van der Waals surface area (Å²) in [6, 6.07) is 15.0. The molecule has 1 aliphatic heterocycles. The zero-order valence-electron chi connectivity index (χ0n) is 19.2. The van der Waals surface area contributed by atoms with E-state index >= 15 is 0 Å². The lowest BCUT2D eigenvalue weighted by Gasteiger charge is -2.41. The Hall–Kier alpha value is -2.92. The molecule has 1 aromatic heterocycles. The average Bonchev–Trinajstić information content (AvgIpc) is 2.87. The highest BCUT2D eigenvalue weighted by Gasteiger charge is 2.34. The van der Waals surface area contributed by atoms with Gasteiger partial charge in [0.2, 0.25) is 0 Å². The quantitative estimate of drug-likeness (QED) is 0.481. The summed E-state index contributed by atoms with van der Waals surface area (Å²) in [4.78, 5) is 29.0. The van der Waals surface area contributed by atoms with Crippen molar-refractivity contribution in [3.05, 3.63) is 69.9 Å². The summed E-state index contributed by atoms with van der Waals surface area (Å²) >= 11 is 0. The molecule has 2 atom stereocenters. The van der Waals surface area contributed by atoms with E-state index in [2.05, 4.69) is 4.90 Å². The van der Waals surface area contributed by atoms with Gasteiger partial charge in [-0.1, -0.05) is 49.2 Å². The Morgan fingerprint density at radius 2 is 1.70 bits per heavy atom. The highest BCUT2D eigenvalue weighted by molar-refractivity contribution is 6.02. The lowest BCUT2D eigenvalue weighted by Crippen LogP contribution is -2.49. The predicted molar refractivity (Wildman–Crippen MR) is 130 cm³/mol. The van der Waals surface area contributed by atoms with Crippen LogP contribution in [0, 0.1) is 6.92 Å². The Labute approximate surface area is 194 Å². The number of hydrogen-bond acceptors (Lipinski definition) is 5. The molecule has 0 unspecified atom stereocenters. The molecule has 5 rings (SSSR count). The van der Waals surface area contributed by atoms with Gasteiger partial charge < -0.3 is 9.15 Å². The van der Waals surface area contributed by atoms with Crippen LogP contribution in [0.15, 0.2) is 57.7 Å². The van der Waals surface area contributed by atoms with Crippen molar-refractivity contribution in [1.82, 2.24) is 4.90 Å². The number of nitrogens with zero attached hydrogens (tertiary/aromatic N) is 1. The second-order valence-electron chi connectivity index (χ2n) is 9.33. The van der Waals surface area contributed by atoms with Gasteiger partial charge in [-0.3, -0.25) is 9.69 Å². The number of esters is 1. The van der Waals surface area contributed by atoms with E-state index in [4.69, 9.17) is 9.15 Å². The van der Waals surface area contributed by atoms with Gasteiger partial charge in [0.05, 0.1) is 5.39 Å². The Morgan fingerprint density at radius 1 is 0.939 bits per heavy atom. The summed E-state index contributed by atoms with van der Waals surface area (Å²) in [5.74, 6) is 0.0951. The second-order valence-corrected chi connectivity index (χ2v) is 9.33. The SMILES string of the molecule is Cc1c(-c2ccccc2)oc2c(C(=O)O[C@@H]3CCCC[C@H]3N3CCCCC3)cccc2c1=O. The fourth-order valence-electron chi connectivity index (χ4n) is 5.42. The average molecular weight is 446 g/mol. The highest BCUT2D eigenvalue weighted by atomic mass is 16.5. The van der Waals surface area contributed by atoms with Crippen molar-refractivity contribution in [2.24, 2.45) is 0 Å². The molecule has 5 heteroatoms. The molecule has 3 aromatic rings. The molecular formula is C28H31NO4. The molecule has 0 N–H and O–H groups in total. The number of likely N-dealkylation sites (tertiary alicyclic amines) is 1. The molecule has 5 nitrogen and oxygen atoms in total. The molecule has 1 saturated heterocycles. The molecule has 1 aliphatic carbocycles. The van der Waals surface area contributed by atoms with Crippen LogP contribution in [0.25, 0.3) is 22.3 Å². The summed E-state index contributed by atoms with van der Waals surface area (Å²) < 4.78 is 12.4. The van der Waals surface area contributed by atoms with Gasteiger partial charge >= 0.3 is 5.97 Å². The molecule has 2 aliphatic rings. The minimum Gasteiger partial charge on any atom is -0.457 e. The molecule has 2 heterocycles. The van der Waals surface area contributed by atoms with Crippen molar-refractivity contribution < 1.29 is 13.9 Å². The van der Waals surface area contributed by atoms with Gasteiger partial charge in [0.25, 0.3) is 0 Å². The van der Waals surface area contributed by atoms with Crippen molar-refractivity contribution in [1.29, 1.82) is 0 Å². The van der Waals surface area contributed by atoms with Gasteiger partial charge in [0.15, 0.2) is 11.0 Å². The Balaban J connectivity index is 1.49. The van der Waals surface area contributed by atoms with E-state index in [0.717, 1.165) is 37.9 Å². The third-order valence-electron chi connectivity index (χ3n) is 7.19. The Bertz CT molecular complexity index is 1190. The summed E-state index contributed by atoms with van der Waals surface area (Å²) in [7, 11) is 0. The standard InChI is InChI=1S/C28H31NO4/c1-19-25(30)21-13-10-14-22(27(21)33-26(19)20-11-4-2-5-12-20)28(31)32-24-16-7-6-15-23(24)29-17-8-3-9-18-29/h2,4-5,10-14,23-24H,3,6-9,15-18H2,1H3/t23-,24-/m1/s1.